The van der Waals surface area contributed by atoms with Crippen LogP contribution in [-0.4, -0.2) is 0 Å². The van der Waals surface area contributed by atoms with Crippen molar-refractivity contribution < 1.29 is 17.6 Å². The molecule has 0 bridgehead atoms. The van der Waals surface area contributed by atoms with Crippen molar-refractivity contribution >= 4 is 11.0 Å². The number of halogens is 3. The Labute approximate surface area is 119 Å². The average molecular weight is 291 g/mol. The van der Waals surface area contributed by atoms with Gasteiger partial charge in [0.05, 0.1) is 6.04 Å². The molecule has 108 valence electrons. The van der Waals surface area contributed by atoms with Crippen molar-refractivity contribution in [1.29, 1.82) is 0 Å². The van der Waals surface area contributed by atoms with Crippen LogP contribution in [-0.2, 0) is 6.42 Å². The van der Waals surface area contributed by atoms with E-state index in [1.165, 1.54) is 12.1 Å². The van der Waals surface area contributed by atoms with Gasteiger partial charge in [-0.05, 0) is 36.2 Å². The summed E-state index contributed by atoms with van der Waals surface area (Å²) in [7, 11) is 0. The fourth-order valence-corrected chi connectivity index (χ4v) is 2.25. The van der Waals surface area contributed by atoms with Crippen molar-refractivity contribution in [2.45, 2.75) is 12.5 Å². The van der Waals surface area contributed by atoms with Gasteiger partial charge in [-0.2, -0.15) is 0 Å². The van der Waals surface area contributed by atoms with E-state index < -0.39 is 23.5 Å². The molecule has 0 aliphatic rings. The second-order valence-electron chi connectivity index (χ2n) is 4.87. The number of benzene rings is 2. The number of nitrogens with two attached hydrogens (primary N) is 1. The van der Waals surface area contributed by atoms with Gasteiger partial charge in [0.1, 0.15) is 5.76 Å². The SMILES string of the molecule is NC(Cc1ccc(F)c(F)c1)c1cc2cccc(F)c2o1. The molecule has 3 aromatic rings. The third-order valence-corrected chi connectivity index (χ3v) is 3.32. The van der Waals surface area contributed by atoms with Crippen molar-refractivity contribution in [2.24, 2.45) is 5.73 Å². The molecule has 1 heterocycles. The second-order valence-corrected chi connectivity index (χ2v) is 4.87. The van der Waals surface area contributed by atoms with E-state index in [4.69, 9.17) is 10.2 Å². The maximum absolute atomic E-state index is 13.6. The summed E-state index contributed by atoms with van der Waals surface area (Å²) < 4.78 is 45.0. The fraction of sp³-hybridized carbons (Fsp3) is 0.125. The van der Waals surface area contributed by atoms with Crippen molar-refractivity contribution in [3.63, 3.8) is 0 Å². The van der Waals surface area contributed by atoms with Gasteiger partial charge in [0.15, 0.2) is 23.0 Å². The normalized spacial score (nSPS) is 12.8. The predicted octanol–water partition coefficient (Wildman–Crippen LogP) is 4.09. The third kappa shape index (κ3) is 2.64. The molecule has 0 aliphatic heterocycles. The quantitative estimate of drug-likeness (QED) is 0.789. The van der Waals surface area contributed by atoms with Crippen LogP contribution in [0, 0.1) is 17.5 Å². The Morgan fingerprint density at radius 2 is 1.76 bits per heavy atom. The predicted molar refractivity (Wildman–Crippen MR) is 73.2 cm³/mol. The van der Waals surface area contributed by atoms with Crippen molar-refractivity contribution in [3.8, 4) is 0 Å². The van der Waals surface area contributed by atoms with Crippen molar-refractivity contribution in [2.75, 3.05) is 0 Å². The summed E-state index contributed by atoms with van der Waals surface area (Å²) >= 11 is 0. The lowest BCUT2D eigenvalue weighted by atomic mass is 10.0. The van der Waals surface area contributed by atoms with Crippen LogP contribution in [0.1, 0.15) is 17.4 Å². The maximum Gasteiger partial charge on any atom is 0.169 e. The zero-order chi connectivity index (χ0) is 15.0. The smallest absolute Gasteiger partial charge is 0.169 e. The number of hydrogen-bond acceptors (Lipinski definition) is 2. The summed E-state index contributed by atoms with van der Waals surface area (Å²) in [5.41, 5.74) is 6.69. The Balaban J connectivity index is 1.87. The van der Waals surface area contributed by atoms with Gasteiger partial charge in [-0.3, -0.25) is 0 Å². The van der Waals surface area contributed by atoms with Crippen molar-refractivity contribution in [1.82, 2.24) is 0 Å². The number of fused-ring (bicyclic) bond motifs is 1. The number of rotatable bonds is 3. The minimum atomic E-state index is -0.921. The molecule has 3 rings (SSSR count). The van der Waals surface area contributed by atoms with Crippen LogP contribution < -0.4 is 5.73 Å². The summed E-state index contributed by atoms with van der Waals surface area (Å²) in [6, 6.07) is 9.30. The first kappa shape index (κ1) is 13.7. The molecule has 0 amide bonds. The molecule has 5 heteroatoms. The highest BCUT2D eigenvalue weighted by atomic mass is 19.2. The van der Waals surface area contributed by atoms with E-state index in [0.29, 0.717) is 16.7 Å². The molecule has 2 aromatic carbocycles. The van der Waals surface area contributed by atoms with Gasteiger partial charge in [0.25, 0.3) is 0 Å². The van der Waals surface area contributed by atoms with Crippen LogP contribution in [0.25, 0.3) is 11.0 Å². The third-order valence-electron chi connectivity index (χ3n) is 3.32. The second kappa shape index (κ2) is 5.26. The minimum Gasteiger partial charge on any atom is -0.456 e. The monoisotopic (exact) mass is 291 g/mol. The Hall–Kier alpha value is -2.27. The topological polar surface area (TPSA) is 39.2 Å². The fourth-order valence-electron chi connectivity index (χ4n) is 2.25. The number of para-hydroxylation sites is 1. The lowest BCUT2D eigenvalue weighted by Crippen LogP contribution is -2.12. The lowest BCUT2D eigenvalue weighted by molar-refractivity contribution is 0.475. The molecule has 0 spiro atoms. The molecule has 0 saturated carbocycles. The van der Waals surface area contributed by atoms with Crippen LogP contribution in [0.2, 0.25) is 0 Å². The first-order valence-electron chi connectivity index (χ1n) is 6.42. The zero-order valence-corrected chi connectivity index (χ0v) is 10.9. The van der Waals surface area contributed by atoms with E-state index in [1.54, 1.807) is 18.2 Å². The van der Waals surface area contributed by atoms with Crippen LogP contribution in [0.5, 0.6) is 0 Å². The van der Waals surface area contributed by atoms with Gasteiger partial charge in [-0.25, -0.2) is 13.2 Å². The Bertz CT molecular complexity index is 797. The molecule has 2 nitrogen and oxygen atoms in total. The minimum absolute atomic E-state index is 0.147. The van der Waals surface area contributed by atoms with Gasteiger partial charge >= 0.3 is 0 Å². The van der Waals surface area contributed by atoms with Gasteiger partial charge in [0, 0.05) is 5.39 Å². The summed E-state index contributed by atoms with van der Waals surface area (Å²) in [4.78, 5) is 0. The number of hydrogen-bond donors (Lipinski definition) is 1. The van der Waals surface area contributed by atoms with E-state index in [2.05, 4.69) is 0 Å². The van der Waals surface area contributed by atoms with Crippen LogP contribution in [0.4, 0.5) is 13.2 Å². The van der Waals surface area contributed by atoms with E-state index in [0.717, 1.165) is 12.1 Å². The Kier molecular flexibility index (Phi) is 3.43. The lowest BCUT2D eigenvalue weighted by Gasteiger charge is -2.08. The molecule has 21 heavy (non-hydrogen) atoms. The summed E-state index contributed by atoms with van der Waals surface area (Å²) in [6.07, 6.45) is 0.263. The molecule has 0 fully saturated rings. The highest BCUT2D eigenvalue weighted by molar-refractivity contribution is 5.78. The first-order chi connectivity index (χ1) is 10.0. The highest BCUT2D eigenvalue weighted by Gasteiger charge is 2.15. The molecule has 0 aliphatic carbocycles. The van der Waals surface area contributed by atoms with Crippen molar-refractivity contribution in [3.05, 3.63) is 71.2 Å². The standard InChI is InChI=1S/C16H12F3NO/c17-11-5-4-9(6-13(11)19)7-14(20)15-8-10-2-1-3-12(18)16(10)21-15/h1-6,8,14H,7,20H2. The summed E-state index contributed by atoms with van der Waals surface area (Å²) in [5, 5.41) is 0.616. The Morgan fingerprint density at radius 1 is 0.952 bits per heavy atom. The van der Waals surface area contributed by atoms with Gasteiger partial charge in [0.2, 0.25) is 0 Å². The molecule has 2 N–H and O–H groups in total. The van der Waals surface area contributed by atoms with E-state index >= 15 is 0 Å². The average Bonchev–Trinajstić information content (AvgIpc) is 2.89. The van der Waals surface area contributed by atoms with Gasteiger partial charge < -0.3 is 10.2 Å². The molecule has 1 atom stereocenters. The molecule has 1 aromatic heterocycles. The maximum atomic E-state index is 13.6. The largest absolute Gasteiger partial charge is 0.456 e. The van der Waals surface area contributed by atoms with Crippen LogP contribution >= 0.6 is 0 Å². The van der Waals surface area contributed by atoms with Crippen LogP contribution in [0.3, 0.4) is 0 Å². The first-order valence-corrected chi connectivity index (χ1v) is 6.42. The van der Waals surface area contributed by atoms with E-state index in [1.807, 2.05) is 0 Å². The summed E-state index contributed by atoms with van der Waals surface area (Å²) in [5.74, 6) is -1.88. The Morgan fingerprint density at radius 3 is 2.48 bits per heavy atom. The molecule has 1 unspecified atom stereocenters. The van der Waals surface area contributed by atoms with Gasteiger partial charge in [-0.15, -0.1) is 0 Å². The molecular formula is C16H12F3NO. The number of furan rings is 1. The molecule has 0 radical (unpaired) electrons. The van der Waals surface area contributed by atoms with E-state index in [-0.39, 0.29) is 12.0 Å². The van der Waals surface area contributed by atoms with Crippen LogP contribution in [0.15, 0.2) is 46.9 Å². The van der Waals surface area contributed by atoms with Gasteiger partial charge in [-0.1, -0.05) is 18.2 Å². The zero-order valence-electron chi connectivity index (χ0n) is 10.9. The van der Waals surface area contributed by atoms with E-state index in [9.17, 15) is 13.2 Å². The highest BCUT2D eigenvalue weighted by Crippen LogP contribution is 2.26. The summed E-state index contributed by atoms with van der Waals surface area (Å²) in [6.45, 7) is 0. The molecular weight excluding hydrogens is 279 g/mol. The molecule has 0 saturated heterocycles.